The standard InChI is InChI=1S/C18H18N2O4/c1-22-10-6-7-11(15(8-10)23-2)16-12(9-19)18(20)24-14-5-3-4-13(21)17(14)16/h6-8,12,16,20H,3-5H2,1-2H3. The van der Waals surface area contributed by atoms with Crippen LogP contribution in [0.4, 0.5) is 0 Å². The van der Waals surface area contributed by atoms with E-state index in [1.54, 1.807) is 25.3 Å². The summed E-state index contributed by atoms with van der Waals surface area (Å²) < 4.78 is 16.1. The molecule has 1 aromatic rings. The Balaban J connectivity index is 2.20. The molecule has 2 unspecified atom stereocenters. The van der Waals surface area contributed by atoms with Gasteiger partial charge in [0.2, 0.25) is 5.90 Å². The summed E-state index contributed by atoms with van der Waals surface area (Å²) in [5.41, 5.74) is 1.20. The molecule has 1 aliphatic carbocycles. The molecule has 0 radical (unpaired) electrons. The van der Waals surface area contributed by atoms with Crippen LogP contribution in [0.2, 0.25) is 0 Å². The van der Waals surface area contributed by atoms with Crippen molar-refractivity contribution < 1.29 is 19.0 Å². The highest BCUT2D eigenvalue weighted by Gasteiger charge is 2.43. The number of methoxy groups -OCH3 is 2. The topological polar surface area (TPSA) is 92.4 Å². The molecular weight excluding hydrogens is 308 g/mol. The lowest BCUT2D eigenvalue weighted by molar-refractivity contribution is -0.116. The van der Waals surface area contributed by atoms with Gasteiger partial charge in [0.25, 0.3) is 0 Å². The lowest BCUT2D eigenvalue weighted by Gasteiger charge is -2.34. The number of allylic oxidation sites excluding steroid dienone is 2. The van der Waals surface area contributed by atoms with Crippen molar-refractivity contribution in [2.75, 3.05) is 14.2 Å². The molecule has 1 heterocycles. The number of nitriles is 1. The number of rotatable bonds is 3. The van der Waals surface area contributed by atoms with E-state index in [0.29, 0.717) is 47.7 Å². The number of ketones is 1. The van der Waals surface area contributed by atoms with E-state index in [2.05, 4.69) is 6.07 Å². The lowest BCUT2D eigenvalue weighted by atomic mass is 9.74. The number of nitrogens with one attached hydrogen (secondary N) is 1. The highest BCUT2D eigenvalue weighted by Crippen LogP contribution is 2.46. The van der Waals surface area contributed by atoms with Gasteiger partial charge >= 0.3 is 0 Å². The van der Waals surface area contributed by atoms with E-state index >= 15 is 0 Å². The van der Waals surface area contributed by atoms with Gasteiger partial charge in [0.05, 0.1) is 20.3 Å². The van der Waals surface area contributed by atoms with Crippen molar-refractivity contribution in [2.45, 2.75) is 25.2 Å². The van der Waals surface area contributed by atoms with Gasteiger partial charge in [-0.3, -0.25) is 10.2 Å². The van der Waals surface area contributed by atoms with Crippen LogP contribution in [0.15, 0.2) is 29.5 Å². The summed E-state index contributed by atoms with van der Waals surface area (Å²) in [5.74, 6) is 0.120. The molecular formula is C18H18N2O4. The fraction of sp³-hybridized carbons (Fsp3) is 0.389. The second-order valence-electron chi connectivity index (χ2n) is 5.77. The first-order chi connectivity index (χ1) is 11.6. The number of carbonyl (C=O) groups is 1. The molecule has 6 heteroatoms. The second-order valence-corrected chi connectivity index (χ2v) is 5.77. The molecule has 0 aromatic heterocycles. The Morgan fingerprint density at radius 2 is 2.08 bits per heavy atom. The van der Waals surface area contributed by atoms with Crippen LogP contribution in [0.5, 0.6) is 11.5 Å². The van der Waals surface area contributed by atoms with Gasteiger partial charge in [-0.2, -0.15) is 5.26 Å². The van der Waals surface area contributed by atoms with Crippen LogP contribution in [0.3, 0.4) is 0 Å². The third kappa shape index (κ3) is 2.52. The van der Waals surface area contributed by atoms with Gasteiger partial charge in [0, 0.05) is 36.0 Å². The molecule has 0 bridgehead atoms. The molecule has 124 valence electrons. The van der Waals surface area contributed by atoms with Crippen molar-refractivity contribution in [3.63, 3.8) is 0 Å². The third-order valence-electron chi connectivity index (χ3n) is 4.48. The van der Waals surface area contributed by atoms with Crippen LogP contribution in [-0.4, -0.2) is 25.9 Å². The third-order valence-corrected chi connectivity index (χ3v) is 4.48. The van der Waals surface area contributed by atoms with Crippen LogP contribution in [-0.2, 0) is 9.53 Å². The molecule has 2 atom stereocenters. The predicted molar refractivity (Wildman–Crippen MR) is 86.1 cm³/mol. The molecule has 1 aromatic carbocycles. The van der Waals surface area contributed by atoms with Crippen molar-refractivity contribution >= 4 is 11.7 Å². The number of Topliss-reactive ketones (excluding diaryl/α,β-unsaturated/α-hetero) is 1. The smallest absolute Gasteiger partial charge is 0.205 e. The van der Waals surface area contributed by atoms with E-state index < -0.39 is 11.8 Å². The van der Waals surface area contributed by atoms with Crippen LogP contribution >= 0.6 is 0 Å². The largest absolute Gasteiger partial charge is 0.497 e. The van der Waals surface area contributed by atoms with Crippen LogP contribution in [0.25, 0.3) is 0 Å². The van der Waals surface area contributed by atoms with Crippen molar-refractivity contribution in [1.29, 1.82) is 10.7 Å². The highest BCUT2D eigenvalue weighted by atomic mass is 16.5. The molecule has 3 rings (SSSR count). The molecule has 0 spiro atoms. The Hall–Kier alpha value is -2.81. The van der Waals surface area contributed by atoms with E-state index in [4.69, 9.17) is 19.6 Å². The average Bonchev–Trinajstić information content (AvgIpc) is 2.60. The number of nitrogens with zero attached hydrogens (tertiary/aromatic N) is 1. The molecule has 6 nitrogen and oxygen atoms in total. The molecule has 0 saturated carbocycles. The van der Waals surface area contributed by atoms with Gasteiger partial charge in [-0.1, -0.05) is 6.07 Å². The predicted octanol–water partition coefficient (Wildman–Crippen LogP) is 2.94. The van der Waals surface area contributed by atoms with Crippen molar-refractivity contribution in [3.8, 4) is 17.6 Å². The number of hydrogen-bond donors (Lipinski definition) is 1. The summed E-state index contributed by atoms with van der Waals surface area (Å²) in [4.78, 5) is 12.5. The monoisotopic (exact) mass is 326 g/mol. The van der Waals surface area contributed by atoms with Crippen molar-refractivity contribution in [2.24, 2.45) is 5.92 Å². The summed E-state index contributed by atoms with van der Waals surface area (Å²) in [5, 5.41) is 17.6. The maximum atomic E-state index is 12.5. The normalized spacial score (nSPS) is 23.2. The van der Waals surface area contributed by atoms with Gasteiger partial charge in [0.1, 0.15) is 23.2 Å². The van der Waals surface area contributed by atoms with Gasteiger partial charge in [0.15, 0.2) is 5.78 Å². The molecule has 0 fully saturated rings. The molecule has 1 N–H and O–H groups in total. The Labute approximate surface area is 140 Å². The number of carbonyl (C=O) groups excluding carboxylic acids is 1. The average molecular weight is 326 g/mol. The molecule has 0 amide bonds. The van der Waals surface area contributed by atoms with Crippen LogP contribution < -0.4 is 9.47 Å². The summed E-state index contributed by atoms with van der Waals surface area (Å²) in [7, 11) is 3.09. The van der Waals surface area contributed by atoms with E-state index in [1.165, 1.54) is 7.11 Å². The minimum atomic E-state index is -0.854. The number of benzene rings is 1. The van der Waals surface area contributed by atoms with E-state index in [0.717, 1.165) is 0 Å². The number of hydrogen-bond acceptors (Lipinski definition) is 6. The zero-order valence-electron chi connectivity index (χ0n) is 13.6. The lowest BCUT2D eigenvalue weighted by Crippen LogP contribution is -2.34. The van der Waals surface area contributed by atoms with Crippen molar-refractivity contribution in [3.05, 3.63) is 35.1 Å². The van der Waals surface area contributed by atoms with E-state index in [9.17, 15) is 10.1 Å². The molecule has 24 heavy (non-hydrogen) atoms. The Bertz CT molecular complexity index is 776. The maximum absolute atomic E-state index is 12.5. The van der Waals surface area contributed by atoms with Gasteiger partial charge in [-0.05, 0) is 12.5 Å². The number of ether oxygens (including phenoxy) is 3. The Morgan fingerprint density at radius 3 is 2.75 bits per heavy atom. The zero-order valence-corrected chi connectivity index (χ0v) is 13.6. The highest BCUT2D eigenvalue weighted by molar-refractivity contribution is 6.01. The molecule has 2 aliphatic rings. The summed E-state index contributed by atoms with van der Waals surface area (Å²) in [6, 6.07) is 7.38. The first-order valence-electron chi connectivity index (χ1n) is 7.74. The van der Waals surface area contributed by atoms with E-state index in [-0.39, 0.29) is 11.7 Å². The minimum absolute atomic E-state index is 0.0214. The first kappa shape index (κ1) is 16.1. The first-order valence-corrected chi connectivity index (χ1v) is 7.74. The second kappa shape index (κ2) is 6.36. The minimum Gasteiger partial charge on any atom is -0.497 e. The Kier molecular flexibility index (Phi) is 4.26. The SMILES string of the molecule is COc1ccc(C2C3=C(CCCC3=O)OC(=N)C2C#N)c(OC)c1. The summed E-state index contributed by atoms with van der Waals surface area (Å²) >= 11 is 0. The van der Waals surface area contributed by atoms with Gasteiger partial charge in [-0.15, -0.1) is 0 Å². The van der Waals surface area contributed by atoms with Crippen molar-refractivity contribution in [1.82, 2.24) is 0 Å². The quantitative estimate of drug-likeness (QED) is 0.922. The zero-order chi connectivity index (χ0) is 17.3. The van der Waals surface area contributed by atoms with Gasteiger partial charge < -0.3 is 14.2 Å². The fourth-order valence-corrected chi connectivity index (χ4v) is 3.35. The van der Waals surface area contributed by atoms with E-state index in [1.807, 2.05) is 0 Å². The van der Waals surface area contributed by atoms with Crippen LogP contribution in [0, 0.1) is 22.7 Å². The van der Waals surface area contributed by atoms with Gasteiger partial charge in [-0.25, -0.2) is 0 Å². The summed E-state index contributed by atoms with van der Waals surface area (Å²) in [6.07, 6.45) is 1.74. The Morgan fingerprint density at radius 1 is 1.29 bits per heavy atom. The maximum Gasteiger partial charge on any atom is 0.205 e. The fourth-order valence-electron chi connectivity index (χ4n) is 3.35. The summed E-state index contributed by atoms with van der Waals surface area (Å²) in [6.45, 7) is 0. The molecule has 1 aliphatic heterocycles. The van der Waals surface area contributed by atoms with Crippen LogP contribution in [0.1, 0.15) is 30.7 Å². The molecule has 0 saturated heterocycles.